The molecule has 0 atom stereocenters. The van der Waals surface area contributed by atoms with Crippen LogP contribution in [0.3, 0.4) is 0 Å². The van der Waals surface area contributed by atoms with Gasteiger partial charge in [0.25, 0.3) is 5.56 Å². The van der Waals surface area contributed by atoms with Crippen molar-refractivity contribution in [3.8, 4) is 17.2 Å². The van der Waals surface area contributed by atoms with Crippen molar-refractivity contribution in [1.82, 2.24) is 4.98 Å². The lowest BCUT2D eigenvalue weighted by Crippen LogP contribution is -2.14. The summed E-state index contributed by atoms with van der Waals surface area (Å²) in [4.78, 5) is 14.9. The Morgan fingerprint density at radius 3 is 2.27 bits per heavy atom. The minimum absolute atomic E-state index is 0.0605. The van der Waals surface area contributed by atoms with Crippen LogP contribution in [0.5, 0.6) is 0 Å². The largest absolute Gasteiger partial charge is 0.325 e. The van der Waals surface area contributed by atoms with Crippen LogP contribution in [0.2, 0.25) is 0 Å². The van der Waals surface area contributed by atoms with E-state index < -0.39 is 15.4 Å². The van der Waals surface area contributed by atoms with Gasteiger partial charge in [0.05, 0.1) is 9.79 Å². The molecule has 0 saturated heterocycles. The number of nitrogens with zero attached hydrogens (tertiary/aromatic N) is 1. The molecule has 130 valence electrons. The zero-order chi connectivity index (χ0) is 18.9. The molecule has 0 fully saturated rings. The number of aromatic amines is 1. The van der Waals surface area contributed by atoms with Crippen molar-refractivity contribution in [2.45, 2.75) is 23.6 Å². The van der Waals surface area contributed by atoms with Gasteiger partial charge in [-0.3, -0.25) is 4.79 Å². The summed E-state index contributed by atoms with van der Waals surface area (Å²) in [5.74, 6) is 0. The van der Waals surface area contributed by atoms with Gasteiger partial charge < -0.3 is 4.98 Å². The summed E-state index contributed by atoms with van der Waals surface area (Å²) in [7, 11) is -3.81. The van der Waals surface area contributed by atoms with Gasteiger partial charge in [0.15, 0.2) is 0 Å². The van der Waals surface area contributed by atoms with Crippen LogP contribution in [0.4, 0.5) is 0 Å². The Morgan fingerprint density at radius 1 is 0.962 bits per heavy atom. The average Bonchev–Trinajstić information content (AvgIpc) is 2.61. The highest BCUT2D eigenvalue weighted by atomic mass is 32.2. The minimum Gasteiger partial charge on any atom is -0.325 e. The maximum absolute atomic E-state index is 13.1. The minimum atomic E-state index is -3.81. The molecule has 0 bridgehead atoms. The predicted octanol–water partition coefficient (Wildman–Crippen LogP) is 3.36. The quantitative estimate of drug-likeness (QED) is 0.771. The van der Waals surface area contributed by atoms with E-state index in [2.05, 4.69) is 4.98 Å². The second-order valence-electron chi connectivity index (χ2n) is 5.99. The molecule has 0 unspecified atom stereocenters. The van der Waals surface area contributed by atoms with Crippen molar-refractivity contribution in [2.75, 3.05) is 0 Å². The molecule has 0 aliphatic heterocycles. The van der Waals surface area contributed by atoms with Gasteiger partial charge in [0.1, 0.15) is 11.6 Å². The molecule has 3 rings (SSSR count). The van der Waals surface area contributed by atoms with Crippen molar-refractivity contribution in [3.63, 3.8) is 0 Å². The molecule has 0 amide bonds. The fourth-order valence-corrected chi connectivity index (χ4v) is 4.25. The summed E-state index contributed by atoms with van der Waals surface area (Å²) < 4.78 is 26.3. The van der Waals surface area contributed by atoms with Crippen molar-refractivity contribution in [2.24, 2.45) is 0 Å². The molecule has 3 aromatic rings. The molecule has 1 heterocycles. The Hall–Kier alpha value is -3.17. The molecule has 0 radical (unpaired) electrons. The first-order chi connectivity index (χ1) is 12.3. The normalized spacial score (nSPS) is 11.1. The SMILES string of the molecule is Cc1ccc(S(=O)(=O)c2ccccc2-c2cc(C)[nH]c(=O)c2C#N)cc1. The number of aromatic nitrogens is 1. The molecule has 2 aromatic carbocycles. The fourth-order valence-electron chi connectivity index (χ4n) is 2.78. The third-order valence-electron chi connectivity index (χ3n) is 4.08. The van der Waals surface area contributed by atoms with Gasteiger partial charge in [-0.2, -0.15) is 5.26 Å². The molecular formula is C20H16N2O3S. The van der Waals surface area contributed by atoms with Crippen molar-refractivity contribution in [1.29, 1.82) is 5.26 Å². The highest BCUT2D eigenvalue weighted by Gasteiger charge is 2.23. The smallest absolute Gasteiger partial charge is 0.266 e. The van der Waals surface area contributed by atoms with Gasteiger partial charge in [0.2, 0.25) is 9.84 Å². The van der Waals surface area contributed by atoms with E-state index in [0.717, 1.165) is 5.56 Å². The standard InChI is InChI=1S/C20H16N2O3S/c1-13-7-9-15(10-8-13)26(24,25)19-6-4-3-5-16(19)17-11-14(2)22-20(23)18(17)12-21/h3-11H,1-2H3,(H,22,23). The summed E-state index contributed by atoms with van der Waals surface area (Å²) in [6.45, 7) is 3.56. The number of hydrogen-bond donors (Lipinski definition) is 1. The van der Waals surface area contributed by atoms with E-state index in [-0.39, 0.29) is 15.4 Å². The fraction of sp³-hybridized carbons (Fsp3) is 0.100. The number of nitrogens with one attached hydrogen (secondary N) is 1. The summed E-state index contributed by atoms with van der Waals surface area (Å²) in [6, 6.07) is 16.5. The van der Waals surface area contributed by atoms with Crippen molar-refractivity contribution < 1.29 is 8.42 Å². The molecule has 0 aliphatic rings. The van der Waals surface area contributed by atoms with E-state index in [1.165, 1.54) is 6.07 Å². The van der Waals surface area contributed by atoms with E-state index in [9.17, 15) is 18.5 Å². The van der Waals surface area contributed by atoms with Gasteiger partial charge in [-0.05, 0) is 38.1 Å². The van der Waals surface area contributed by atoms with Gasteiger partial charge in [0, 0.05) is 16.8 Å². The first-order valence-electron chi connectivity index (χ1n) is 7.90. The van der Waals surface area contributed by atoms with Gasteiger partial charge in [-0.25, -0.2) is 8.42 Å². The van der Waals surface area contributed by atoms with Crippen LogP contribution >= 0.6 is 0 Å². The lowest BCUT2D eigenvalue weighted by molar-refractivity contribution is 0.596. The van der Waals surface area contributed by atoms with E-state index in [0.29, 0.717) is 16.8 Å². The topological polar surface area (TPSA) is 90.8 Å². The summed E-state index contributed by atoms with van der Waals surface area (Å²) in [5, 5.41) is 9.37. The van der Waals surface area contributed by atoms with Crippen LogP contribution in [0, 0.1) is 25.2 Å². The van der Waals surface area contributed by atoms with Crippen LogP contribution < -0.4 is 5.56 Å². The Bertz CT molecular complexity index is 1180. The number of sulfone groups is 1. The number of aryl methyl sites for hydroxylation is 2. The molecule has 5 nitrogen and oxygen atoms in total. The molecular weight excluding hydrogens is 348 g/mol. The number of pyridine rings is 1. The summed E-state index contributed by atoms with van der Waals surface area (Å²) in [5.41, 5.74) is 1.49. The number of benzene rings is 2. The van der Waals surface area contributed by atoms with E-state index in [1.807, 2.05) is 13.0 Å². The number of rotatable bonds is 3. The lowest BCUT2D eigenvalue weighted by atomic mass is 10.0. The maximum atomic E-state index is 13.1. The van der Waals surface area contributed by atoms with E-state index in [4.69, 9.17) is 0 Å². The highest BCUT2D eigenvalue weighted by molar-refractivity contribution is 7.91. The Labute approximate surface area is 151 Å². The van der Waals surface area contributed by atoms with E-state index in [1.54, 1.807) is 55.5 Å². The second kappa shape index (κ2) is 6.62. The highest BCUT2D eigenvalue weighted by Crippen LogP contribution is 2.32. The number of nitriles is 1. The van der Waals surface area contributed by atoms with Crippen LogP contribution in [-0.4, -0.2) is 13.4 Å². The first kappa shape index (κ1) is 17.6. The number of H-pyrrole nitrogens is 1. The third-order valence-corrected chi connectivity index (χ3v) is 5.91. The van der Waals surface area contributed by atoms with Gasteiger partial charge in [-0.1, -0.05) is 35.9 Å². The summed E-state index contributed by atoms with van der Waals surface area (Å²) in [6.07, 6.45) is 0. The number of hydrogen-bond acceptors (Lipinski definition) is 4. The maximum Gasteiger partial charge on any atom is 0.266 e. The molecule has 0 spiro atoms. The molecule has 6 heteroatoms. The Kier molecular flexibility index (Phi) is 4.49. The van der Waals surface area contributed by atoms with Crippen LogP contribution in [-0.2, 0) is 9.84 Å². The molecule has 0 aliphatic carbocycles. The van der Waals surface area contributed by atoms with E-state index >= 15 is 0 Å². The monoisotopic (exact) mass is 364 g/mol. The van der Waals surface area contributed by atoms with Crippen molar-refractivity contribution >= 4 is 9.84 Å². The van der Waals surface area contributed by atoms with Crippen LogP contribution in [0.25, 0.3) is 11.1 Å². The van der Waals surface area contributed by atoms with Crippen molar-refractivity contribution in [3.05, 3.63) is 81.8 Å². The molecule has 0 saturated carbocycles. The van der Waals surface area contributed by atoms with Gasteiger partial charge in [-0.15, -0.1) is 0 Å². The molecule has 1 N–H and O–H groups in total. The average molecular weight is 364 g/mol. The molecule has 26 heavy (non-hydrogen) atoms. The van der Waals surface area contributed by atoms with Gasteiger partial charge >= 0.3 is 0 Å². The second-order valence-corrected chi connectivity index (χ2v) is 7.91. The first-order valence-corrected chi connectivity index (χ1v) is 9.38. The third kappa shape index (κ3) is 3.05. The predicted molar refractivity (Wildman–Crippen MR) is 98.6 cm³/mol. The zero-order valence-electron chi connectivity index (χ0n) is 14.3. The Balaban J connectivity index is 2.31. The Morgan fingerprint density at radius 2 is 1.62 bits per heavy atom. The molecule has 1 aromatic heterocycles. The van der Waals surface area contributed by atoms with Crippen LogP contribution in [0.1, 0.15) is 16.8 Å². The van der Waals surface area contributed by atoms with Crippen LogP contribution in [0.15, 0.2) is 69.2 Å². The summed E-state index contributed by atoms with van der Waals surface area (Å²) >= 11 is 0. The lowest BCUT2D eigenvalue weighted by Gasteiger charge is -2.12. The zero-order valence-corrected chi connectivity index (χ0v) is 15.1.